The first-order valence-electron chi connectivity index (χ1n) is 8.34. The molecule has 0 spiro atoms. The number of nitrogens with zero attached hydrogens (tertiary/aromatic N) is 2. The van der Waals surface area contributed by atoms with E-state index in [1.54, 1.807) is 29.2 Å². The van der Waals surface area contributed by atoms with Gasteiger partial charge in [0.1, 0.15) is 5.75 Å². The molecule has 0 radical (unpaired) electrons. The summed E-state index contributed by atoms with van der Waals surface area (Å²) in [5.41, 5.74) is 1.27. The Balaban J connectivity index is 2.18. The fourth-order valence-corrected chi connectivity index (χ4v) is 3.61. The lowest BCUT2D eigenvalue weighted by molar-refractivity contribution is -0.118. The second kappa shape index (κ2) is 8.71. The lowest BCUT2D eigenvalue weighted by atomic mass is 10.2. The third-order valence-corrected chi connectivity index (χ3v) is 5.15. The predicted molar refractivity (Wildman–Crippen MR) is 104 cm³/mol. The van der Waals surface area contributed by atoms with Crippen LogP contribution in [0.4, 0.5) is 11.4 Å². The number of methoxy groups -OCH3 is 1. The number of para-hydroxylation sites is 1. The molecule has 0 aromatic heterocycles. The Kier molecular flexibility index (Phi) is 6.63. The van der Waals surface area contributed by atoms with Crippen LogP contribution < -0.4 is 13.9 Å². The third-order valence-electron chi connectivity index (χ3n) is 3.96. The van der Waals surface area contributed by atoms with Gasteiger partial charge in [-0.15, -0.1) is 0 Å². The first kappa shape index (κ1) is 19.8. The van der Waals surface area contributed by atoms with Gasteiger partial charge in [-0.3, -0.25) is 9.10 Å². The van der Waals surface area contributed by atoms with E-state index in [-0.39, 0.29) is 18.9 Å². The molecular weight excluding hydrogens is 352 g/mol. The normalized spacial score (nSPS) is 11.0. The SMILES string of the molecule is CCN(C(=O)CCN(c1cccc(OC)c1)S(C)(=O)=O)c1ccccc1. The van der Waals surface area contributed by atoms with Crippen LogP contribution in [0.5, 0.6) is 5.75 Å². The van der Waals surface area contributed by atoms with Crippen molar-refractivity contribution < 1.29 is 17.9 Å². The molecule has 0 aliphatic heterocycles. The zero-order valence-electron chi connectivity index (χ0n) is 15.3. The fourth-order valence-electron chi connectivity index (χ4n) is 2.70. The van der Waals surface area contributed by atoms with Crippen molar-refractivity contribution in [2.24, 2.45) is 0 Å². The summed E-state index contributed by atoms with van der Waals surface area (Å²) < 4.78 is 30.8. The largest absolute Gasteiger partial charge is 0.497 e. The molecule has 26 heavy (non-hydrogen) atoms. The molecule has 2 aromatic carbocycles. The van der Waals surface area contributed by atoms with Gasteiger partial charge in [-0.25, -0.2) is 8.42 Å². The van der Waals surface area contributed by atoms with Gasteiger partial charge < -0.3 is 9.64 Å². The molecule has 0 atom stereocenters. The van der Waals surface area contributed by atoms with E-state index in [0.717, 1.165) is 11.9 Å². The number of benzene rings is 2. The lowest BCUT2D eigenvalue weighted by Gasteiger charge is -2.25. The Labute approximate surface area is 155 Å². The van der Waals surface area contributed by atoms with E-state index in [1.165, 1.54) is 11.4 Å². The van der Waals surface area contributed by atoms with Gasteiger partial charge in [-0.05, 0) is 31.2 Å². The highest BCUT2D eigenvalue weighted by Crippen LogP contribution is 2.23. The summed E-state index contributed by atoms with van der Waals surface area (Å²) in [6, 6.07) is 16.1. The Hall–Kier alpha value is -2.54. The third kappa shape index (κ3) is 4.98. The van der Waals surface area contributed by atoms with Gasteiger partial charge in [0, 0.05) is 31.3 Å². The summed E-state index contributed by atoms with van der Waals surface area (Å²) in [6.07, 6.45) is 1.21. The highest BCUT2D eigenvalue weighted by molar-refractivity contribution is 7.92. The molecule has 0 aliphatic rings. The Morgan fingerprint density at radius 1 is 1.04 bits per heavy atom. The Morgan fingerprint density at radius 3 is 2.27 bits per heavy atom. The van der Waals surface area contributed by atoms with Crippen molar-refractivity contribution >= 4 is 27.3 Å². The number of amides is 1. The number of carbonyl (C=O) groups is 1. The van der Waals surface area contributed by atoms with Crippen molar-refractivity contribution in [2.45, 2.75) is 13.3 Å². The zero-order valence-corrected chi connectivity index (χ0v) is 16.1. The maximum absolute atomic E-state index is 12.6. The standard InChI is InChI=1S/C19H24N2O4S/c1-4-20(16-9-6-5-7-10-16)19(22)13-14-21(26(3,23)24)17-11-8-12-18(15-17)25-2/h5-12,15H,4,13-14H2,1-3H3. The summed E-state index contributed by atoms with van der Waals surface area (Å²) in [5.74, 6) is 0.428. The Bertz CT molecular complexity index is 838. The number of ether oxygens (including phenoxy) is 1. The maximum Gasteiger partial charge on any atom is 0.232 e. The van der Waals surface area contributed by atoms with E-state index < -0.39 is 10.0 Å². The van der Waals surface area contributed by atoms with Gasteiger partial charge in [-0.1, -0.05) is 24.3 Å². The average Bonchev–Trinajstić information content (AvgIpc) is 2.62. The number of sulfonamides is 1. The summed E-state index contributed by atoms with van der Waals surface area (Å²) >= 11 is 0. The number of hydrogen-bond acceptors (Lipinski definition) is 4. The van der Waals surface area contributed by atoms with E-state index in [0.29, 0.717) is 18.0 Å². The van der Waals surface area contributed by atoms with Gasteiger partial charge in [-0.2, -0.15) is 0 Å². The number of hydrogen-bond donors (Lipinski definition) is 0. The minimum atomic E-state index is -3.53. The van der Waals surface area contributed by atoms with Crippen molar-refractivity contribution in [3.8, 4) is 5.75 Å². The molecule has 7 heteroatoms. The number of anilines is 2. The molecule has 6 nitrogen and oxygen atoms in total. The van der Waals surface area contributed by atoms with Crippen LogP contribution in [0.2, 0.25) is 0 Å². The molecule has 0 fully saturated rings. The molecule has 1 amide bonds. The van der Waals surface area contributed by atoms with E-state index in [2.05, 4.69) is 0 Å². The minimum absolute atomic E-state index is 0.0637. The van der Waals surface area contributed by atoms with E-state index in [1.807, 2.05) is 37.3 Å². The van der Waals surface area contributed by atoms with Crippen LogP contribution in [0.3, 0.4) is 0 Å². The van der Waals surface area contributed by atoms with Crippen LogP contribution in [-0.4, -0.2) is 40.8 Å². The second-order valence-electron chi connectivity index (χ2n) is 5.76. The van der Waals surface area contributed by atoms with E-state index in [4.69, 9.17) is 4.74 Å². The van der Waals surface area contributed by atoms with Crippen LogP contribution in [0.1, 0.15) is 13.3 Å². The summed E-state index contributed by atoms with van der Waals surface area (Å²) in [4.78, 5) is 14.3. The molecule has 0 N–H and O–H groups in total. The van der Waals surface area contributed by atoms with Gasteiger partial charge in [0.2, 0.25) is 15.9 Å². The smallest absolute Gasteiger partial charge is 0.232 e. The molecule has 0 unspecified atom stereocenters. The summed E-state index contributed by atoms with van der Waals surface area (Å²) in [5, 5.41) is 0. The topological polar surface area (TPSA) is 66.9 Å². The molecule has 140 valence electrons. The van der Waals surface area contributed by atoms with Gasteiger partial charge in [0.25, 0.3) is 0 Å². The number of carbonyl (C=O) groups excluding carboxylic acids is 1. The summed E-state index contributed by atoms with van der Waals surface area (Å²) in [6.45, 7) is 2.47. The van der Waals surface area contributed by atoms with Gasteiger partial charge >= 0.3 is 0 Å². The van der Waals surface area contributed by atoms with Crippen molar-refractivity contribution in [3.63, 3.8) is 0 Å². The molecule has 0 saturated heterocycles. The van der Waals surface area contributed by atoms with Crippen molar-refractivity contribution in [1.82, 2.24) is 0 Å². The average molecular weight is 376 g/mol. The maximum atomic E-state index is 12.6. The van der Waals surface area contributed by atoms with Crippen molar-refractivity contribution in [3.05, 3.63) is 54.6 Å². The van der Waals surface area contributed by atoms with Gasteiger partial charge in [0.05, 0.1) is 19.1 Å². The van der Waals surface area contributed by atoms with Crippen LogP contribution >= 0.6 is 0 Å². The molecule has 2 aromatic rings. The monoisotopic (exact) mass is 376 g/mol. The summed E-state index contributed by atoms with van der Waals surface area (Å²) in [7, 11) is -2.01. The van der Waals surface area contributed by atoms with Crippen LogP contribution in [0, 0.1) is 0 Å². The number of rotatable bonds is 8. The molecule has 0 saturated carbocycles. The quantitative estimate of drug-likeness (QED) is 0.710. The first-order chi connectivity index (χ1) is 12.4. The first-order valence-corrected chi connectivity index (χ1v) is 10.2. The lowest BCUT2D eigenvalue weighted by Crippen LogP contribution is -2.36. The van der Waals surface area contributed by atoms with Crippen molar-refractivity contribution in [1.29, 1.82) is 0 Å². The molecule has 0 bridgehead atoms. The molecule has 0 heterocycles. The predicted octanol–water partition coefficient (Wildman–Crippen LogP) is 2.90. The van der Waals surface area contributed by atoms with Crippen LogP contribution in [0.25, 0.3) is 0 Å². The van der Waals surface area contributed by atoms with Crippen LogP contribution in [-0.2, 0) is 14.8 Å². The van der Waals surface area contributed by atoms with E-state index in [9.17, 15) is 13.2 Å². The molecule has 2 rings (SSSR count). The highest BCUT2D eigenvalue weighted by atomic mass is 32.2. The van der Waals surface area contributed by atoms with Gasteiger partial charge in [0.15, 0.2) is 0 Å². The van der Waals surface area contributed by atoms with Crippen molar-refractivity contribution in [2.75, 3.05) is 35.7 Å². The Morgan fingerprint density at radius 2 is 1.69 bits per heavy atom. The molecular formula is C19H24N2O4S. The highest BCUT2D eigenvalue weighted by Gasteiger charge is 2.21. The fraction of sp³-hybridized carbons (Fsp3) is 0.316. The molecule has 0 aliphatic carbocycles. The van der Waals surface area contributed by atoms with E-state index >= 15 is 0 Å². The minimum Gasteiger partial charge on any atom is -0.497 e. The van der Waals surface area contributed by atoms with Crippen LogP contribution in [0.15, 0.2) is 54.6 Å². The zero-order chi connectivity index (χ0) is 19.2. The second-order valence-corrected chi connectivity index (χ2v) is 7.67.